The lowest BCUT2D eigenvalue weighted by atomic mass is 10.1. The van der Waals surface area contributed by atoms with E-state index < -0.39 is 5.97 Å². The van der Waals surface area contributed by atoms with Crippen molar-refractivity contribution in [3.63, 3.8) is 0 Å². The molecule has 2 aromatic carbocycles. The van der Waals surface area contributed by atoms with Gasteiger partial charge in [-0.05, 0) is 18.4 Å². The predicted octanol–water partition coefficient (Wildman–Crippen LogP) is 1.95. The van der Waals surface area contributed by atoms with Gasteiger partial charge in [-0.1, -0.05) is 30.3 Å². The number of Topliss-reactive ketones (excluding diaryl/α,β-unsaturated/α-hetero) is 1. The topological polar surface area (TPSA) is 59.2 Å². The van der Waals surface area contributed by atoms with Gasteiger partial charge in [0.15, 0.2) is 5.78 Å². The average molecular weight is 267 g/mol. The summed E-state index contributed by atoms with van der Waals surface area (Å²) in [6.07, 6.45) is 0. The van der Waals surface area contributed by atoms with Crippen LogP contribution in [0.3, 0.4) is 0 Å². The van der Waals surface area contributed by atoms with E-state index in [9.17, 15) is 9.59 Å². The van der Waals surface area contributed by atoms with Crippen molar-refractivity contribution in [1.82, 2.24) is 4.98 Å². The highest BCUT2D eigenvalue weighted by molar-refractivity contribution is 6.39. The molecule has 0 radical (unpaired) electrons. The van der Waals surface area contributed by atoms with Crippen LogP contribution in [-0.4, -0.2) is 23.8 Å². The van der Waals surface area contributed by atoms with Crippen molar-refractivity contribution in [1.29, 1.82) is 0 Å². The second-order valence-electron chi connectivity index (χ2n) is 4.63. The van der Waals surface area contributed by atoms with Gasteiger partial charge in [0.2, 0.25) is 0 Å². The number of carbonyl (C=O) groups is 2. The fourth-order valence-corrected chi connectivity index (χ4v) is 2.58. The molecule has 0 aliphatic heterocycles. The van der Waals surface area contributed by atoms with Crippen LogP contribution in [0.1, 0.15) is 6.92 Å². The molecule has 0 aliphatic rings. The molecule has 4 heteroatoms. The van der Waals surface area contributed by atoms with Crippen LogP contribution >= 0.6 is 0 Å². The number of methoxy groups -OCH3 is 1. The summed E-state index contributed by atoms with van der Waals surface area (Å²) < 4.78 is 4.72. The van der Waals surface area contributed by atoms with Crippen molar-refractivity contribution < 1.29 is 14.3 Å². The molecule has 100 valence electrons. The van der Waals surface area contributed by atoms with Gasteiger partial charge < -0.3 is 9.72 Å². The van der Waals surface area contributed by atoms with Crippen molar-refractivity contribution in [2.75, 3.05) is 7.11 Å². The Morgan fingerprint density at radius 1 is 1.10 bits per heavy atom. The molecule has 4 nitrogen and oxygen atoms in total. The van der Waals surface area contributed by atoms with Gasteiger partial charge in [-0.25, -0.2) is 4.79 Å². The Bertz CT molecular complexity index is 884. The van der Waals surface area contributed by atoms with Gasteiger partial charge in [0.05, 0.1) is 12.5 Å². The maximum Gasteiger partial charge on any atom is 0.343 e. The minimum absolute atomic E-state index is 0.0520. The summed E-state index contributed by atoms with van der Waals surface area (Å²) in [4.78, 5) is 26.8. The Labute approximate surface area is 115 Å². The first-order valence-corrected chi connectivity index (χ1v) is 6.26. The number of H-pyrrole nitrogens is 1. The highest BCUT2D eigenvalue weighted by Gasteiger charge is 2.19. The van der Waals surface area contributed by atoms with Crippen LogP contribution in [0, 0.1) is 0 Å². The van der Waals surface area contributed by atoms with E-state index >= 15 is 0 Å². The molecule has 0 saturated carbocycles. The number of benzene rings is 2. The molecule has 0 saturated heterocycles. The van der Waals surface area contributed by atoms with E-state index in [-0.39, 0.29) is 11.4 Å². The molecule has 0 unspecified atom stereocenters. The predicted molar refractivity (Wildman–Crippen MR) is 77.1 cm³/mol. The molecule has 1 N–H and O–H groups in total. The molecule has 0 spiro atoms. The van der Waals surface area contributed by atoms with E-state index in [0.29, 0.717) is 5.35 Å². The highest BCUT2D eigenvalue weighted by Crippen LogP contribution is 2.23. The zero-order valence-corrected chi connectivity index (χ0v) is 11.2. The zero-order valence-electron chi connectivity index (χ0n) is 11.2. The zero-order chi connectivity index (χ0) is 14.3. The van der Waals surface area contributed by atoms with Crippen LogP contribution in [0.15, 0.2) is 36.4 Å². The Hall–Kier alpha value is -2.62. The first kappa shape index (κ1) is 12.4. The number of nitrogens with one attached hydrogen (secondary N) is 1. The molecule has 1 heterocycles. The lowest BCUT2D eigenvalue weighted by Crippen LogP contribution is -2.21. The van der Waals surface area contributed by atoms with E-state index in [1.807, 2.05) is 36.4 Å². The lowest BCUT2D eigenvalue weighted by molar-refractivity contribution is -0.134. The van der Waals surface area contributed by atoms with Gasteiger partial charge in [0.25, 0.3) is 0 Å². The summed E-state index contributed by atoms with van der Waals surface area (Å²) in [5, 5.41) is 3.47. The standard InChI is InChI=1S/C16H13NO3/c1-9(18)13(16(19)20-2)15-11-7-3-5-10-6-4-8-12(17-15)14(10)11/h3-8,17H,1-2H3/b15-13-. The van der Waals surface area contributed by atoms with Gasteiger partial charge in [0, 0.05) is 16.3 Å². The number of aromatic amines is 1. The SMILES string of the molecule is COC(=O)/C(C(C)=O)=c1\[nH]c2cccc3cccc1c32. The number of ketones is 1. The maximum atomic E-state index is 11.9. The first-order valence-electron chi connectivity index (χ1n) is 6.26. The molecular weight excluding hydrogens is 254 g/mol. The maximum absolute atomic E-state index is 11.9. The normalized spacial score (nSPS) is 12.7. The number of rotatable bonds is 2. The fraction of sp³-hybridized carbons (Fsp3) is 0.125. The van der Waals surface area contributed by atoms with E-state index in [2.05, 4.69) is 4.98 Å². The average Bonchev–Trinajstić information content (AvgIpc) is 2.80. The minimum Gasteiger partial charge on any atom is -0.465 e. The second-order valence-corrected chi connectivity index (χ2v) is 4.63. The summed E-state index contributed by atoms with van der Waals surface area (Å²) in [6, 6.07) is 11.7. The Balaban J connectivity index is 2.56. The van der Waals surface area contributed by atoms with E-state index in [0.717, 1.165) is 21.7 Å². The number of carbonyl (C=O) groups excluding carboxylic acids is 2. The number of esters is 1. The molecular formula is C16H13NO3. The Morgan fingerprint density at radius 3 is 2.45 bits per heavy atom. The van der Waals surface area contributed by atoms with Crippen molar-refractivity contribution in [3.05, 3.63) is 41.7 Å². The largest absolute Gasteiger partial charge is 0.465 e. The molecule has 0 atom stereocenters. The number of hydrogen-bond acceptors (Lipinski definition) is 3. The monoisotopic (exact) mass is 267 g/mol. The summed E-state index contributed by atoms with van der Waals surface area (Å²) >= 11 is 0. The van der Waals surface area contributed by atoms with Crippen LogP contribution in [-0.2, 0) is 14.3 Å². The summed E-state index contributed by atoms with van der Waals surface area (Å²) in [5.74, 6) is -0.936. The highest BCUT2D eigenvalue weighted by atomic mass is 16.5. The van der Waals surface area contributed by atoms with Crippen LogP contribution < -0.4 is 5.35 Å². The van der Waals surface area contributed by atoms with Crippen LogP contribution in [0.4, 0.5) is 0 Å². The first-order chi connectivity index (χ1) is 9.63. The van der Waals surface area contributed by atoms with Crippen LogP contribution in [0.25, 0.3) is 27.2 Å². The molecule has 3 rings (SSSR count). The van der Waals surface area contributed by atoms with Crippen LogP contribution in [0.5, 0.6) is 0 Å². The number of ether oxygens (including phenoxy) is 1. The number of hydrogen-bond donors (Lipinski definition) is 1. The van der Waals surface area contributed by atoms with Crippen molar-refractivity contribution in [3.8, 4) is 0 Å². The third-order valence-electron chi connectivity index (χ3n) is 3.43. The Morgan fingerprint density at radius 2 is 1.80 bits per heavy atom. The quantitative estimate of drug-likeness (QED) is 0.570. The van der Waals surface area contributed by atoms with Gasteiger partial charge in [-0.3, -0.25) is 4.79 Å². The van der Waals surface area contributed by atoms with E-state index in [4.69, 9.17) is 4.74 Å². The van der Waals surface area contributed by atoms with E-state index in [1.54, 1.807) is 0 Å². The minimum atomic E-state index is -0.621. The van der Waals surface area contributed by atoms with Crippen molar-refractivity contribution in [2.45, 2.75) is 6.92 Å². The molecule has 3 aromatic rings. The molecule has 0 aliphatic carbocycles. The van der Waals surface area contributed by atoms with Crippen molar-refractivity contribution >= 4 is 39.0 Å². The summed E-state index contributed by atoms with van der Waals surface area (Å²) in [7, 11) is 1.27. The third-order valence-corrected chi connectivity index (χ3v) is 3.43. The van der Waals surface area contributed by atoms with Crippen molar-refractivity contribution in [2.24, 2.45) is 0 Å². The third kappa shape index (κ3) is 1.69. The van der Waals surface area contributed by atoms with Gasteiger partial charge >= 0.3 is 5.97 Å². The summed E-state index contributed by atoms with van der Waals surface area (Å²) in [5.41, 5.74) is 0.951. The molecule has 0 amide bonds. The fourth-order valence-electron chi connectivity index (χ4n) is 2.58. The molecule has 20 heavy (non-hydrogen) atoms. The van der Waals surface area contributed by atoms with Gasteiger partial charge in [-0.15, -0.1) is 0 Å². The number of aromatic nitrogens is 1. The second kappa shape index (κ2) is 4.49. The lowest BCUT2D eigenvalue weighted by Gasteiger charge is -2.00. The van der Waals surface area contributed by atoms with Crippen LogP contribution in [0.2, 0.25) is 0 Å². The molecule has 0 fully saturated rings. The molecule has 0 bridgehead atoms. The molecule has 1 aromatic heterocycles. The van der Waals surface area contributed by atoms with Gasteiger partial charge in [-0.2, -0.15) is 0 Å². The Kier molecular flexibility index (Phi) is 2.79. The van der Waals surface area contributed by atoms with Gasteiger partial charge in [0.1, 0.15) is 5.57 Å². The van der Waals surface area contributed by atoms with E-state index in [1.165, 1.54) is 14.0 Å². The summed E-state index contributed by atoms with van der Waals surface area (Å²) in [6.45, 7) is 1.37. The smallest absolute Gasteiger partial charge is 0.343 e.